The smallest absolute Gasteiger partial charge is 0.112 e. The third kappa shape index (κ3) is 1.86. The summed E-state index contributed by atoms with van der Waals surface area (Å²) >= 11 is 0. The lowest BCUT2D eigenvalue weighted by Crippen LogP contribution is -2.06. The van der Waals surface area contributed by atoms with Crippen molar-refractivity contribution in [2.24, 2.45) is 5.73 Å². The van der Waals surface area contributed by atoms with Gasteiger partial charge in [-0.2, -0.15) is 0 Å². The van der Waals surface area contributed by atoms with Crippen LogP contribution in [0.3, 0.4) is 0 Å². The highest BCUT2D eigenvalue weighted by atomic mass is 15.1. The van der Waals surface area contributed by atoms with Gasteiger partial charge in [-0.15, -0.1) is 0 Å². The molecule has 1 aromatic carbocycles. The molecule has 2 aromatic rings. The molecule has 0 aliphatic carbocycles. The molecule has 0 aliphatic rings. The first-order valence-corrected chi connectivity index (χ1v) is 5.58. The highest BCUT2D eigenvalue weighted by Crippen LogP contribution is 2.18. The van der Waals surface area contributed by atoms with Crippen molar-refractivity contribution in [1.29, 1.82) is 0 Å². The molecule has 0 bridgehead atoms. The zero-order valence-corrected chi connectivity index (χ0v) is 9.77. The second-order valence-corrected chi connectivity index (χ2v) is 3.90. The number of hydrogen-bond donors (Lipinski definition) is 1. The van der Waals surface area contributed by atoms with Crippen molar-refractivity contribution >= 4 is 0 Å². The average molecular weight is 215 g/mol. The molecule has 3 nitrogen and oxygen atoms in total. The molecule has 0 saturated carbocycles. The van der Waals surface area contributed by atoms with E-state index in [-0.39, 0.29) is 0 Å². The molecule has 0 amide bonds. The van der Waals surface area contributed by atoms with Crippen LogP contribution in [0.15, 0.2) is 30.6 Å². The Hall–Kier alpha value is -1.61. The third-order valence-electron chi connectivity index (χ3n) is 2.75. The van der Waals surface area contributed by atoms with E-state index in [1.807, 2.05) is 12.4 Å². The summed E-state index contributed by atoms with van der Waals surface area (Å²) in [5, 5.41) is 0. The number of aromatic nitrogens is 2. The normalized spacial score (nSPS) is 10.7. The number of imidazole rings is 1. The summed E-state index contributed by atoms with van der Waals surface area (Å²) in [6.07, 6.45) is 4.75. The molecule has 2 rings (SSSR count). The van der Waals surface area contributed by atoms with Crippen molar-refractivity contribution in [3.63, 3.8) is 0 Å². The third-order valence-corrected chi connectivity index (χ3v) is 2.75. The standard InChI is InChI=1S/C13H17N3/c1-3-13-15-6-7-16(13)12-8-10(2)4-5-11(12)9-14/h4-8H,3,9,14H2,1-2H3. The Morgan fingerprint density at radius 1 is 1.38 bits per heavy atom. The number of hydrogen-bond acceptors (Lipinski definition) is 2. The minimum atomic E-state index is 0.553. The van der Waals surface area contributed by atoms with E-state index in [1.54, 1.807) is 0 Å². The molecule has 0 radical (unpaired) electrons. The Kier molecular flexibility index (Phi) is 3.06. The van der Waals surface area contributed by atoms with Crippen LogP contribution in [0.1, 0.15) is 23.9 Å². The summed E-state index contributed by atoms with van der Waals surface area (Å²) in [5.74, 6) is 1.07. The molecule has 0 aliphatic heterocycles. The van der Waals surface area contributed by atoms with Crippen molar-refractivity contribution in [1.82, 2.24) is 9.55 Å². The van der Waals surface area contributed by atoms with Crippen molar-refractivity contribution in [2.45, 2.75) is 26.8 Å². The van der Waals surface area contributed by atoms with Crippen LogP contribution in [0.25, 0.3) is 5.69 Å². The van der Waals surface area contributed by atoms with E-state index in [0.29, 0.717) is 6.54 Å². The Labute approximate surface area is 95.9 Å². The van der Waals surface area contributed by atoms with Gasteiger partial charge in [0.05, 0.1) is 5.69 Å². The van der Waals surface area contributed by atoms with Crippen molar-refractivity contribution in [3.05, 3.63) is 47.5 Å². The second kappa shape index (κ2) is 4.49. The fraction of sp³-hybridized carbons (Fsp3) is 0.308. The molecular weight excluding hydrogens is 198 g/mol. The highest BCUT2D eigenvalue weighted by Gasteiger charge is 2.07. The fourth-order valence-electron chi connectivity index (χ4n) is 1.89. The average Bonchev–Trinajstić information content (AvgIpc) is 2.76. The quantitative estimate of drug-likeness (QED) is 0.853. The highest BCUT2D eigenvalue weighted by molar-refractivity contribution is 5.44. The second-order valence-electron chi connectivity index (χ2n) is 3.90. The van der Waals surface area contributed by atoms with Gasteiger partial charge in [0.15, 0.2) is 0 Å². The van der Waals surface area contributed by atoms with E-state index in [4.69, 9.17) is 5.73 Å². The fourth-order valence-corrected chi connectivity index (χ4v) is 1.89. The first kappa shape index (κ1) is 10.9. The summed E-state index contributed by atoms with van der Waals surface area (Å²) in [6, 6.07) is 6.33. The molecule has 2 N–H and O–H groups in total. The number of nitrogens with two attached hydrogens (primary N) is 1. The molecular formula is C13H17N3. The van der Waals surface area contributed by atoms with Crippen LogP contribution in [-0.2, 0) is 13.0 Å². The van der Waals surface area contributed by atoms with Gasteiger partial charge >= 0.3 is 0 Å². The van der Waals surface area contributed by atoms with Gasteiger partial charge in [-0.25, -0.2) is 4.98 Å². The molecule has 0 unspecified atom stereocenters. The number of aryl methyl sites for hydroxylation is 2. The van der Waals surface area contributed by atoms with Crippen LogP contribution in [0.4, 0.5) is 0 Å². The molecule has 1 heterocycles. The van der Waals surface area contributed by atoms with E-state index in [9.17, 15) is 0 Å². The first-order chi connectivity index (χ1) is 7.76. The topological polar surface area (TPSA) is 43.8 Å². The van der Waals surface area contributed by atoms with Gasteiger partial charge in [-0.05, 0) is 24.1 Å². The zero-order valence-electron chi connectivity index (χ0n) is 9.77. The number of benzene rings is 1. The van der Waals surface area contributed by atoms with E-state index in [0.717, 1.165) is 23.5 Å². The minimum absolute atomic E-state index is 0.553. The summed E-state index contributed by atoms with van der Waals surface area (Å²) in [5.41, 5.74) is 9.30. The van der Waals surface area contributed by atoms with Gasteiger partial charge in [-0.1, -0.05) is 19.1 Å². The Morgan fingerprint density at radius 2 is 2.19 bits per heavy atom. The lowest BCUT2D eigenvalue weighted by molar-refractivity contribution is 0.874. The van der Waals surface area contributed by atoms with Gasteiger partial charge < -0.3 is 10.3 Å². The van der Waals surface area contributed by atoms with Gasteiger partial charge in [-0.3, -0.25) is 0 Å². The van der Waals surface area contributed by atoms with Crippen LogP contribution in [-0.4, -0.2) is 9.55 Å². The SMILES string of the molecule is CCc1nccn1-c1cc(C)ccc1CN. The van der Waals surface area contributed by atoms with Crippen LogP contribution in [0.2, 0.25) is 0 Å². The lowest BCUT2D eigenvalue weighted by atomic mass is 10.1. The zero-order chi connectivity index (χ0) is 11.5. The molecule has 0 atom stereocenters. The lowest BCUT2D eigenvalue weighted by Gasteiger charge is -2.12. The maximum Gasteiger partial charge on any atom is 0.112 e. The molecule has 0 fully saturated rings. The monoisotopic (exact) mass is 215 g/mol. The van der Waals surface area contributed by atoms with Crippen LogP contribution >= 0.6 is 0 Å². The maximum atomic E-state index is 5.76. The summed E-state index contributed by atoms with van der Waals surface area (Å²) < 4.78 is 2.12. The molecule has 3 heteroatoms. The van der Waals surface area contributed by atoms with Gasteiger partial charge in [0.1, 0.15) is 5.82 Å². The first-order valence-electron chi connectivity index (χ1n) is 5.58. The Bertz CT molecular complexity index is 486. The van der Waals surface area contributed by atoms with Crippen LogP contribution < -0.4 is 5.73 Å². The van der Waals surface area contributed by atoms with Gasteiger partial charge in [0.25, 0.3) is 0 Å². The van der Waals surface area contributed by atoms with Crippen molar-refractivity contribution in [2.75, 3.05) is 0 Å². The predicted octanol–water partition coefficient (Wildman–Crippen LogP) is 2.20. The van der Waals surface area contributed by atoms with Gasteiger partial charge in [0.2, 0.25) is 0 Å². The minimum Gasteiger partial charge on any atom is -0.326 e. The molecule has 1 aromatic heterocycles. The largest absolute Gasteiger partial charge is 0.326 e. The number of nitrogens with zero attached hydrogens (tertiary/aromatic N) is 2. The molecule has 0 saturated heterocycles. The maximum absolute atomic E-state index is 5.76. The molecule has 16 heavy (non-hydrogen) atoms. The van der Waals surface area contributed by atoms with E-state index >= 15 is 0 Å². The van der Waals surface area contributed by atoms with E-state index < -0.39 is 0 Å². The van der Waals surface area contributed by atoms with Crippen LogP contribution in [0.5, 0.6) is 0 Å². The summed E-state index contributed by atoms with van der Waals surface area (Å²) in [7, 11) is 0. The summed E-state index contributed by atoms with van der Waals surface area (Å²) in [4.78, 5) is 4.34. The van der Waals surface area contributed by atoms with Crippen LogP contribution in [0, 0.1) is 6.92 Å². The van der Waals surface area contributed by atoms with Crippen molar-refractivity contribution < 1.29 is 0 Å². The Morgan fingerprint density at radius 3 is 2.88 bits per heavy atom. The van der Waals surface area contributed by atoms with Gasteiger partial charge in [0, 0.05) is 25.4 Å². The number of rotatable bonds is 3. The summed E-state index contributed by atoms with van der Waals surface area (Å²) in [6.45, 7) is 4.75. The molecule has 0 spiro atoms. The Balaban J connectivity index is 2.58. The van der Waals surface area contributed by atoms with E-state index in [2.05, 4.69) is 41.6 Å². The predicted molar refractivity (Wildman–Crippen MR) is 65.6 cm³/mol. The molecule has 84 valence electrons. The van der Waals surface area contributed by atoms with Crippen molar-refractivity contribution in [3.8, 4) is 5.69 Å². The van der Waals surface area contributed by atoms with E-state index in [1.165, 1.54) is 5.56 Å².